The standard InChI is InChI=1S/C9H13N3O3S/c1-15-9(13)7-3-4-8(12-11-7)10-5-6-16(2)14/h3-4H,5-6H2,1-2H3,(H,10,12). The average Bonchev–Trinajstić information content (AvgIpc) is 2.28. The van der Waals surface area contributed by atoms with Crippen molar-refractivity contribution in [2.45, 2.75) is 0 Å². The van der Waals surface area contributed by atoms with Crippen molar-refractivity contribution in [2.24, 2.45) is 0 Å². The minimum Gasteiger partial charge on any atom is -0.464 e. The molecule has 16 heavy (non-hydrogen) atoms. The van der Waals surface area contributed by atoms with E-state index in [1.54, 1.807) is 12.3 Å². The second-order valence-corrected chi connectivity index (χ2v) is 4.55. The summed E-state index contributed by atoms with van der Waals surface area (Å²) in [4.78, 5) is 11.0. The molecule has 0 fully saturated rings. The summed E-state index contributed by atoms with van der Waals surface area (Å²) < 4.78 is 15.3. The maximum Gasteiger partial charge on any atom is 0.358 e. The number of carbonyl (C=O) groups is 1. The lowest BCUT2D eigenvalue weighted by Crippen LogP contribution is -2.12. The molecule has 1 heterocycles. The highest BCUT2D eigenvalue weighted by Crippen LogP contribution is 2.02. The number of ether oxygens (including phenoxy) is 1. The van der Waals surface area contributed by atoms with Crippen LogP contribution >= 0.6 is 0 Å². The van der Waals surface area contributed by atoms with Crippen molar-refractivity contribution in [1.29, 1.82) is 0 Å². The van der Waals surface area contributed by atoms with Gasteiger partial charge in [-0.05, 0) is 12.1 Å². The molecule has 0 aliphatic rings. The van der Waals surface area contributed by atoms with Crippen LogP contribution in [0.2, 0.25) is 0 Å². The average molecular weight is 243 g/mol. The quantitative estimate of drug-likeness (QED) is 0.736. The fourth-order valence-electron chi connectivity index (χ4n) is 0.963. The van der Waals surface area contributed by atoms with Crippen LogP contribution in [0.3, 0.4) is 0 Å². The molecular formula is C9H13N3O3S. The predicted octanol–water partition coefficient (Wildman–Crippen LogP) is 0.0536. The summed E-state index contributed by atoms with van der Waals surface area (Å²) in [5.41, 5.74) is 0.159. The Bertz CT molecular complexity index is 380. The molecular weight excluding hydrogens is 230 g/mol. The van der Waals surface area contributed by atoms with E-state index < -0.39 is 16.8 Å². The molecule has 0 radical (unpaired) electrons. The third-order valence-corrected chi connectivity index (χ3v) is 2.53. The number of aromatic nitrogens is 2. The second-order valence-electron chi connectivity index (χ2n) is 3.00. The van der Waals surface area contributed by atoms with Crippen LogP contribution in [0, 0.1) is 0 Å². The van der Waals surface area contributed by atoms with Crippen LogP contribution in [0.1, 0.15) is 10.5 Å². The highest BCUT2D eigenvalue weighted by Gasteiger charge is 2.07. The van der Waals surface area contributed by atoms with Gasteiger partial charge in [0.25, 0.3) is 0 Å². The smallest absolute Gasteiger partial charge is 0.358 e. The van der Waals surface area contributed by atoms with Gasteiger partial charge in [-0.1, -0.05) is 0 Å². The zero-order valence-electron chi connectivity index (χ0n) is 9.10. The molecule has 7 heteroatoms. The molecule has 0 spiro atoms. The topological polar surface area (TPSA) is 81.2 Å². The molecule has 0 aliphatic carbocycles. The van der Waals surface area contributed by atoms with E-state index in [2.05, 4.69) is 20.3 Å². The molecule has 1 aromatic heterocycles. The first-order valence-corrected chi connectivity index (χ1v) is 6.32. The van der Waals surface area contributed by atoms with E-state index in [0.717, 1.165) is 0 Å². The van der Waals surface area contributed by atoms with Crippen molar-refractivity contribution in [3.05, 3.63) is 17.8 Å². The van der Waals surface area contributed by atoms with Gasteiger partial charge in [0.15, 0.2) is 5.69 Å². The SMILES string of the molecule is COC(=O)c1ccc(NCCS(C)=O)nn1. The number of rotatable bonds is 5. The predicted molar refractivity (Wildman–Crippen MR) is 60.8 cm³/mol. The molecule has 88 valence electrons. The van der Waals surface area contributed by atoms with E-state index >= 15 is 0 Å². The first kappa shape index (κ1) is 12.6. The van der Waals surface area contributed by atoms with Gasteiger partial charge in [-0.2, -0.15) is 0 Å². The lowest BCUT2D eigenvalue weighted by atomic mass is 10.4. The Kier molecular flexibility index (Phi) is 4.84. The Labute approximate surface area is 95.9 Å². The van der Waals surface area contributed by atoms with Gasteiger partial charge < -0.3 is 10.1 Å². The number of hydrogen-bond donors (Lipinski definition) is 1. The van der Waals surface area contributed by atoms with Crippen LogP contribution in [0.15, 0.2) is 12.1 Å². The highest BCUT2D eigenvalue weighted by atomic mass is 32.2. The molecule has 0 amide bonds. The van der Waals surface area contributed by atoms with Crippen molar-refractivity contribution < 1.29 is 13.7 Å². The zero-order chi connectivity index (χ0) is 12.0. The number of esters is 1. The molecule has 1 N–H and O–H groups in total. The summed E-state index contributed by atoms with van der Waals surface area (Å²) in [6, 6.07) is 3.14. The van der Waals surface area contributed by atoms with Crippen LogP contribution in [-0.4, -0.2) is 46.0 Å². The van der Waals surface area contributed by atoms with Crippen LogP contribution in [0.5, 0.6) is 0 Å². The highest BCUT2D eigenvalue weighted by molar-refractivity contribution is 7.84. The third kappa shape index (κ3) is 3.93. The van der Waals surface area contributed by atoms with E-state index in [1.165, 1.54) is 13.2 Å². The van der Waals surface area contributed by atoms with E-state index in [4.69, 9.17) is 0 Å². The largest absolute Gasteiger partial charge is 0.464 e. The van der Waals surface area contributed by atoms with Gasteiger partial charge in [0.2, 0.25) is 0 Å². The third-order valence-electron chi connectivity index (χ3n) is 1.75. The first-order valence-electron chi connectivity index (χ1n) is 4.59. The molecule has 0 saturated carbocycles. The van der Waals surface area contributed by atoms with Gasteiger partial charge in [-0.15, -0.1) is 10.2 Å². The number of nitrogens with one attached hydrogen (secondary N) is 1. The normalized spacial score (nSPS) is 11.9. The van der Waals surface area contributed by atoms with Crippen LogP contribution in [-0.2, 0) is 15.5 Å². The molecule has 1 rings (SSSR count). The summed E-state index contributed by atoms with van der Waals surface area (Å²) in [6.45, 7) is 0.551. The lowest BCUT2D eigenvalue weighted by molar-refractivity contribution is 0.0593. The van der Waals surface area contributed by atoms with Crippen molar-refractivity contribution in [3.8, 4) is 0 Å². The van der Waals surface area contributed by atoms with E-state index in [-0.39, 0.29) is 5.69 Å². The second kappa shape index (κ2) is 6.16. The van der Waals surface area contributed by atoms with Crippen LogP contribution < -0.4 is 5.32 Å². The van der Waals surface area contributed by atoms with Gasteiger partial charge in [0.05, 0.1) is 7.11 Å². The zero-order valence-corrected chi connectivity index (χ0v) is 9.91. The molecule has 1 atom stereocenters. The lowest BCUT2D eigenvalue weighted by Gasteiger charge is -2.03. The van der Waals surface area contributed by atoms with Crippen molar-refractivity contribution in [3.63, 3.8) is 0 Å². The van der Waals surface area contributed by atoms with Gasteiger partial charge >= 0.3 is 5.97 Å². The minimum atomic E-state index is -0.837. The molecule has 1 unspecified atom stereocenters. The first-order chi connectivity index (χ1) is 7.63. The Balaban J connectivity index is 2.51. The molecule has 0 aromatic carbocycles. The summed E-state index contributed by atoms with van der Waals surface area (Å²) in [6.07, 6.45) is 1.63. The molecule has 0 aliphatic heterocycles. The van der Waals surface area contributed by atoms with Gasteiger partial charge in [-0.25, -0.2) is 4.79 Å². The minimum absolute atomic E-state index is 0.159. The van der Waals surface area contributed by atoms with E-state index in [0.29, 0.717) is 18.1 Å². The van der Waals surface area contributed by atoms with Crippen molar-refractivity contribution in [2.75, 3.05) is 31.0 Å². The molecule has 6 nitrogen and oxygen atoms in total. The maximum atomic E-state index is 11.0. The summed E-state index contributed by atoms with van der Waals surface area (Å²) in [5, 5.41) is 10.4. The van der Waals surface area contributed by atoms with Crippen LogP contribution in [0.25, 0.3) is 0 Å². The molecule has 0 bridgehead atoms. The monoisotopic (exact) mass is 243 g/mol. The van der Waals surface area contributed by atoms with Crippen molar-refractivity contribution in [1.82, 2.24) is 10.2 Å². The summed E-state index contributed by atoms with van der Waals surface area (Å²) >= 11 is 0. The van der Waals surface area contributed by atoms with Crippen LogP contribution in [0.4, 0.5) is 5.82 Å². The Morgan fingerprint density at radius 2 is 2.25 bits per heavy atom. The van der Waals surface area contributed by atoms with Gasteiger partial charge in [0.1, 0.15) is 5.82 Å². The maximum absolute atomic E-state index is 11.0. The fraction of sp³-hybridized carbons (Fsp3) is 0.444. The fourth-order valence-corrected chi connectivity index (χ4v) is 1.35. The van der Waals surface area contributed by atoms with Gasteiger partial charge in [0, 0.05) is 29.4 Å². The Hall–Kier alpha value is -1.50. The Morgan fingerprint density at radius 3 is 2.75 bits per heavy atom. The number of anilines is 1. The number of hydrogen-bond acceptors (Lipinski definition) is 6. The summed E-state index contributed by atoms with van der Waals surface area (Å²) in [5.74, 6) is 0.562. The number of nitrogens with zero attached hydrogens (tertiary/aromatic N) is 2. The molecule has 1 aromatic rings. The van der Waals surface area contributed by atoms with Gasteiger partial charge in [-0.3, -0.25) is 4.21 Å². The van der Waals surface area contributed by atoms with Crippen molar-refractivity contribution >= 4 is 22.6 Å². The number of methoxy groups -OCH3 is 1. The summed E-state index contributed by atoms with van der Waals surface area (Å²) in [7, 11) is 0.447. The molecule has 0 saturated heterocycles. The number of carbonyl (C=O) groups excluding carboxylic acids is 1. The van der Waals surface area contributed by atoms with E-state index in [9.17, 15) is 9.00 Å². The van der Waals surface area contributed by atoms with E-state index in [1.807, 2.05) is 0 Å². The Morgan fingerprint density at radius 1 is 1.50 bits per heavy atom.